The van der Waals surface area contributed by atoms with Crippen molar-refractivity contribution in [3.05, 3.63) is 24.5 Å². The second kappa shape index (κ2) is 1.79. The van der Waals surface area contributed by atoms with Gasteiger partial charge in [0.05, 0.1) is 6.20 Å². The predicted molar refractivity (Wildman–Crippen MR) is 39.5 cm³/mol. The standard InChI is InChI=1S/C6H4N6/c1-3-7-11-4-2-5-8-9-10-12(5)6(1)11/h1-4H. The molecular weight excluding hydrogens is 156 g/mol. The monoisotopic (exact) mass is 160 g/mol. The third-order valence-corrected chi connectivity index (χ3v) is 1.72. The molecule has 0 saturated carbocycles. The highest BCUT2D eigenvalue weighted by Crippen LogP contribution is 2.02. The van der Waals surface area contributed by atoms with Crippen LogP contribution < -0.4 is 0 Å². The molecule has 0 unspecified atom stereocenters. The molecule has 3 aromatic rings. The van der Waals surface area contributed by atoms with Gasteiger partial charge in [-0.05, 0) is 10.4 Å². The van der Waals surface area contributed by atoms with E-state index < -0.39 is 0 Å². The topological polar surface area (TPSA) is 60.4 Å². The van der Waals surface area contributed by atoms with E-state index in [2.05, 4.69) is 20.6 Å². The zero-order chi connectivity index (χ0) is 7.97. The summed E-state index contributed by atoms with van der Waals surface area (Å²) < 4.78 is 3.34. The van der Waals surface area contributed by atoms with Crippen molar-refractivity contribution in [2.24, 2.45) is 0 Å². The zero-order valence-corrected chi connectivity index (χ0v) is 5.99. The van der Waals surface area contributed by atoms with Gasteiger partial charge in [-0.15, -0.1) is 5.10 Å². The number of hydrogen-bond acceptors (Lipinski definition) is 4. The minimum absolute atomic E-state index is 0.725. The maximum absolute atomic E-state index is 4.05. The van der Waals surface area contributed by atoms with E-state index in [0.717, 1.165) is 11.3 Å². The molecule has 0 aromatic carbocycles. The van der Waals surface area contributed by atoms with E-state index in [1.165, 1.54) is 0 Å². The highest BCUT2D eigenvalue weighted by molar-refractivity contribution is 5.47. The number of rotatable bonds is 0. The van der Waals surface area contributed by atoms with E-state index in [-0.39, 0.29) is 0 Å². The van der Waals surface area contributed by atoms with Crippen LogP contribution in [0.2, 0.25) is 0 Å². The van der Waals surface area contributed by atoms with Crippen LogP contribution in [0, 0.1) is 0 Å². The van der Waals surface area contributed by atoms with Crippen molar-refractivity contribution in [2.45, 2.75) is 0 Å². The Balaban J connectivity index is 2.71. The highest BCUT2D eigenvalue weighted by Gasteiger charge is 2.01. The van der Waals surface area contributed by atoms with Crippen LogP contribution in [0.3, 0.4) is 0 Å². The highest BCUT2D eigenvalue weighted by atomic mass is 15.5. The molecule has 0 spiro atoms. The van der Waals surface area contributed by atoms with Crippen LogP contribution in [0.1, 0.15) is 0 Å². The lowest BCUT2D eigenvalue weighted by molar-refractivity contribution is 0.814. The lowest BCUT2D eigenvalue weighted by atomic mass is 10.6. The fourth-order valence-electron chi connectivity index (χ4n) is 1.19. The van der Waals surface area contributed by atoms with Gasteiger partial charge in [0.25, 0.3) is 0 Å². The predicted octanol–water partition coefficient (Wildman–Crippen LogP) is -0.228. The minimum Gasteiger partial charge on any atom is -0.222 e. The summed E-state index contributed by atoms with van der Waals surface area (Å²) in [6, 6.07) is 3.66. The van der Waals surface area contributed by atoms with Gasteiger partial charge in [0.15, 0.2) is 11.3 Å². The van der Waals surface area contributed by atoms with Crippen molar-refractivity contribution in [3.8, 4) is 0 Å². The molecule has 0 atom stereocenters. The van der Waals surface area contributed by atoms with Crippen molar-refractivity contribution in [1.29, 1.82) is 0 Å². The third-order valence-electron chi connectivity index (χ3n) is 1.72. The van der Waals surface area contributed by atoms with Gasteiger partial charge in [-0.3, -0.25) is 0 Å². The Labute approximate surface area is 66.4 Å². The third kappa shape index (κ3) is 0.541. The molecule has 0 saturated heterocycles. The summed E-state index contributed by atoms with van der Waals surface area (Å²) in [4.78, 5) is 0. The fourth-order valence-corrected chi connectivity index (χ4v) is 1.19. The van der Waals surface area contributed by atoms with Crippen LogP contribution in [-0.4, -0.2) is 29.7 Å². The van der Waals surface area contributed by atoms with Crippen molar-refractivity contribution in [1.82, 2.24) is 29.7 Å². The Hall–Kier alpha value is -1.98. The smallest absolute Gasteiger partial charge is 0.183 e. The van der Waals surface area contributed by atoms with Crippen molar-refractivity contribution in [2.75, 3.05) is 0 Å². The molecule has 0 aliphatic carbocycles. The quantitative estimate of drug-likeness (QED) is 0.456. The summed E-state index contributed by atoms with van der Waals surface area (Å²) in [5.74, 6) is 0. The van der Waals surface area contributed by atoms with Gasteiger partial charge in [0.1, 0.15) is 0 Å². The van der Waals surface area contributed by atoms with Crippen LogP contribution in [0.25, 0.3) is 11.3 Å². The first-order valence-electron chi connectivity index (χ1n) is 3.45. The van der Waals surface area contributed by atoms with Gasteiger partial charge < -0.3 is 0 Å². The summed E-state index contributed by atoms with van der Waals surface area (Å²) in [7, 11) is 0. The van der Waals surface area contributed by atoms with E-state index in [9.17, 15) is 0 Å². The first-order valence-corrected chi connectivity index (χ1v) is 3.45. The summed E-state index contributed by atoms with van der Waals surface area (Å²) in [5.41, 5.74) is 1.58. The number of aromatic nitrogens is 6. The fraction of sp³-hybridized carbons (Fsp3) is 0. The maximum Gasteiger partial charge on any atom is 0.183 e. The molecule has 3 aromatic heterocycles. The summed E-state index contributed by atoms with van der Waals surface area (Å²) >= 11 is 0. The lowest BCUT2D eigenvalue weighted by Crippen LogP contribution is -1.95. The van der Waals surface area contributed by atoms with Gasteiger partial charge in [0, 0.05) is 18.3 Å². The number of hydrogen-bond donors (Lipinski definition) is 0. The van der Waals surface area contributed by atoms with E-state index in [0.29, 0.717) is 0 Å². The molecule has 0 aliphatic heterocycles. The molecule has 0 N–H and O–H groups in total. The largest absolute Gasteiger partial charge is 0.222 e. The summed E-state index contributed by atoms with van der Waals surface area (Å²) in [6.07, 6.45) is 3.53. The molecule has 3 rings (SSSR count). The number of fused-ring (bicyclic) bond motifs is 3. The Kier molecular flexibility index (Phi) is 0.840. The van der Waals surface area contributed by atoms with Gasteiger partial charge >= 0.3 is 0 Å². The molecule has 0 radical (unpaired) electrons. The van der Waals surface area contributed by atoms with E-state index in [1.807, 2.05) is 12.3 Å². The zero-order valence-electron chi connectivity index (χ0n) is 5.99. The van der Waals surface area contributed by atoms with Crippen LogP contribution in [0.15, 0.2) is 24.5 Å². The van der Waals surface area contributed by atoms with E-state index in [4.69, 9.17) is 0 Å². The summed E-state index contributed by atoms with van der Waals surface area (Å²) in [6.45, 7) is 0. The Morgan fingerprint density at radius 3 is 3.25 bits per heavy atom. The Morgan fingerprint density at radius 1 is 1.25 bits per heavy atom. The molecule has 0 amide bonds. The van der Waals surface area contributed by atoms with E-state index in [1.54, 1.807) is 21.3 Å². The molecule has 0 bridgehead atoms. The molecule has 0 aliphatic rings. The minimum atomic E-state index is 0.725. The molecule has 0 fully saturated rings. The number of tetrazole rings is 1. The normalized spacial score (nSPS) is 11.3. The lowest BCUT2D eigenvalue weighted by Gasteiger charge is -1.92. The first kappa shape index (κ1) is 5.64. The second-order valence-electron chi connectivity index (χ2n) is 2.40. The van der Waals surface area contributed by atoms with Crippen molar-refractivity contribution in [3.63, 3.8) is 0 Å². The van der Waals surface area contributed by atoms with Crippen LogP contribution in [-0.2, 0) is 0 Å². The van der Waals surface area contributed by atoms with Crippen LogP contribution in [0.4, 0.5) is 0 Å². The maximum atomic E-state index is 4.05. The van der Waals surface area contributed by atoms with Gasteiger partial charge in [-0.25, -0.2) is 4.52 Å². The van der Waals surface area contributed by atoms with Crippen LogP contribution >= 0.6 is 0 Å². The molecule has 3 heterocycles. The SMILES string of the molecule is c1cc2n(ccc3nnnn32)n1. The molecule has 58 valence electrons. The summed E-state index contributed by atoms with van der Waals surface area (Å²) in [5, 5.41) is 15.2. The van der Waals surface area contributed by atoms with Gasteiger partial charge in [-0.1, -0.05) is 0 Å². The molecular formula is C6H4N6. The number of nitrogens with zero attached hydrogens (tertiary/aromatic N) is 6. The Bertz CT molecular complexity index is 485. The molecule has 6 heteroatoms. The molecule has 12 heavy (non-hydrogen) atoms. The van der Waals surface area contributed by atoms with Gasteiger partial charge in [-0.2, -0.15) is 9.61 Å². The second-order valence-corrected chi connectivity index (χ2v) is 2.40. The van der Waals surface area contributed by atoms with E-state index >= 15 is 0 Å². The first-order chi connectivity index (χ1) is 5.95. The molecule has 6 nitrogen and oxygen atoms in total. The Morgan fingerprint density at radius 2 is 2.25 bits per heavy atom. The van der Waals surface area contributed by atoms with Crippen molar-refractivity contribution >= 4 is 11.3 Å². The van der Waals surface area contributed by atoms with Gasteiger partial charge in [0.2, 0.25) is 0 Å². The average molecular weight is 160 g/mol. The van der Waals surface area contributed by atoms with Crippen molar-refractivity contribution < 1.29 is 0 Å². The van der Waals surface area contributed by atoms with Crippen LogP contribution in [0.5, 0.6) is 0 Å². The average Bonchev–Trinajstić information content (AvgIpc) is 2.71.